The van der Waals surface area contributed by atoms with Crippen LogP contribution in [-0.2, 0) is 16.1 Å². The molecule has 0 aliphatic carbocycles. The van der Waals surface area contributed by atoms with E-state index in [1.807, 2.05) is 30.3 Å². The molecule has 8 heteroatoms. The maximum atomic E-state index is 13.8. The van der Waals surface area contributed by atoms with Crippen molar-refractivity contribution in [3.63, 3.8) is 0 Å². The summed E-state index contributed by atoms with van der Waals surface area (Å²) in [4.78, 5) is 43.2. The van der Waals surface area contributed by atoms with Crippen molar-refractivity contribution in [3.05, 3.63) is 95.6 Å². The van der Waals surface area contributed by atoms with E-state index < -0.39 is 23.2 Å². The maximum Gasteiger partial charge on any atom is 0.271 e. The molecule has 2 aliphatic heterocycles. The summed E-state index contributed by atoms with van der Waals surface area (Å²) in [6, 6.07) is 18.8. The Labute approximate surface area is 188 Å². The van der Waals surface area contributed by atoms with Crippen LogP contribution in [-0.4, -0.2) is 28.3 Å². The predicted octanol–water partition coefficient (Wildman–Crippen LogP) is 4.08. The molecule has 5 rings (SSSR count). The highest BCUT2D eigenvalue weighted by Crippen LogP contribution is 2.45. The molecule has 3 aromatic carbocycles. The first-order valence-electron chi connectivity index (χ1n) is 10.5. The van der Waals surface area contributed by atoms with Gasteiger partial charge in [0.25, 0.3) is 11.8 Å². The molecule has 1 fully saturated rings. The zero-order valence-electron chi connectivity index (χ0n) is 17.4. The van der Waals surface area contributed by atoms with Gasteiger partial charge in [0, 0.05) is 31.1 Å². The van der Waals surface area contributed by atoms with Gasteiger partial charge in [0.2, 0.25) is 11.6 Å². The average molecular weight is 447 g/mol. The van der Waals surface area contributed by atoms with E-state index >= 15 is 0 Å². The van der Waals surface area contributed by atoms with Crippen LogP contribution in [0.3, 0.4) is 0 Å². The Morgan fingerprint density at radius 1 is 0.939 bits per heavy atom. The first kappa shape index (κ1) is 20.8. The Morgan fingerprint density at radius 2 is 1.67 bits per heavy atom. The molecule has 6 nitrogen and oxygen atoms in total. The smallest absolute Gasteiger partial charge is 0.271 e. The van der Waals surface area contributed by atoms with Crippen molar-refractivity contribution >= 4 is 29.1 Å². The second kappa shape index (κ2) is 7.81. The molecule has 2 aliphatic rings. The van der Waals surface area contributed by atoms with Crippen LogP contribution in [0.15, 0.2) is 72.8 Å². The third-order valence-corrected chi connectivity index (χ3v) is 6.10. The van der Waals surface area contributed by atoms with Gasteiger partial charge in [-0.05, 0) is 29.8 Å². The van der Waals surface area contributed by atoms with E-state index in [-0.39, 0.29) is 36.9 Å². The minimum atomic E-state index is -1.65. The molecule has 166 valence electrons. The summed E-state index contributed by atoms with van der Waals surface area (Å²) in [6.45, 7) is 0.0863. The van der Waals surface area contributed by atoms with Crippen molar-refractivity contribution in [2.75, 3.05) is 10.2 Å². The third kappa shape index (κ3) is 3.26. The first-order chi connectivity index (χ1) is 15.9. The summed E-state index contributed by atoms with van der Waals surface area (Å²) in [5.74, 6) is -3.51. The molecule has 1 N–H and O–H groups in total. The quantitative estimate of drug-likeness (QED) is 0.655. The Morgan fingerprint density at radius 3 is 2.42 bits per heavy atom. The first-order valence-corrected chi connectivity index (χ1v) is 10.5. The SMILES string of the molecule is O=C1c2ccccc2N2C(=O)CC[C@]2(C(=O)Nc2ccc(F)c(F)c2)N1Cc1ccccc1. The topological polar surface area (TPSA) is 69.7 Å². The fourth-order valence-corrected chi connectivity index (χ4v) is 4.57. The van der Waals surface area contributed by atoms with E-state index in [2.05, 4.69) is 5.32 Å². The third-order valence-electron chi connectivity index (χ3n) is 6.10. The summed E-state index contributed by atoms with van der Waals surface area (Å²) in [7, 11) is 0. The molecule has 0 unspecified atom stereocenters. The van der Waals surface area contributed by atoms with Crippen LogP contribution in [0.2, 0.25) is 0 Å². The standard InChI is InChI=1S/C25H19F2N3O3/c26-19-11-10-17(14-20(19)27)28-24(33)25-13-12-22(31)30(25)21-9-5-4-8-18(21)23(32)29(25)15-16-6-2-1-3-7-16/h1-11,14H,12-13,15H2,(H,28,33)/t25-/m0/s1. The van der Waals surface area contributed by atoms with Crippen molar-refractivity contribution in [1.29, 1.82) is 0 Å². The number of anilines is 2. The number of rotatable bonds is 4. The monoisotopic (exact) mass is 447 g/mol. The van der Waals surface area contributed by atoms with Gasteiger partial charge in [0.1, 0.15) is 0 Å². The number of hydrogen-bond acceptors (Lipinski definition) is 3. The molecule has 1 saturated heterocycles. The zero-order valence-corrected chi connectivity index (χ0v) is 17.4. The van der Waals surface area contributed by atoms with Crippen LogP contribution in [0, 0.1) is 11.6 Å². The minimum Gasteiger partial charge on any atom is -0.322 e. The van der Waals surface area contributed by atoms with Crippen molar-refractivity contribution in [2.45, 2.75) is 25.0 Å². The summed E-state index contributed by atoms with van der Waals surface area (Å²) in [5, 5.41) is 2.60. The second-order valence-electron chi connectivity index (χ2n) is 8.02. The van der Waals surface area contributed by atoms with E-state index in [1.54, 1.807) is 24.3 Å². The van der Waals surface area contributed by atoms with E-state index in [0.29, 0.717) is 11.3 Å². The average Bonchev–Trinajstić information content (AvgIpc) is 3.18. The van der Waals surface area contributed by atoms with Crippen molar-refractivity contribution < 1.29 is 23.2 Å². The van der Waals surface area contributed by atoms with Gasteiger partial charge in [-0.2, -0.15) is 0 Å². The molecular formula is C25H19F2N3O3. The molecule has 0 bridgehead atoms. The highest BCUT2D eigenvalue weighted by atomic mass is 19.2. The number of carbonyl (C=O) groups excluding carboxylic acids is 3. The number of fused-ring (bicyclic) bond motifs is 3. The van der Waals surface area contributed by atoms with Crippen molar-refractivity contribution in [3.8, 4) is 0 Å². The van der Waals surface area contributed by atoms with Gasteiger partial charge >= 0.3 is 0 Å². The predicted molar refractivity (Wildman–Crippen MR) is 117 cm³/mol. The molecule has 0 radical (unpaired) electrons. The van der Waals surface area contributed by atoms with E-state index in [9.17, 15) is 23.2 Å². The van der Waals surface area contributed by atoms with Crippen LogP contribution >= 0.6 is 0 Å². The molecule has 3 amide bonds. The summed E-state index contributed by atoms with van der Waals surface area (Å²) in [6.07, 6.45) is 0.117. The van der Waals surface area contributed by atoms with Crippen LogP contribution < -0.4 is 10.2 Å². The number of para-hydroxylation sites is 1. The largest absolute Gasteiger partial charge is 0.322 e. The summed E-state index contributed by atoms with van der Waals surface area (Å²) >= 11 is 0. The lowest BCUT2D eigenvalue weighted by molar-refractivity contribution is -0.129. The Bertz CT molecular complexity index is 1280. The lowest BCUT2D eigenvalue weighted by Gasteiger charge is -2.49. The van der Waals surface area contributed by atoms with E-state index in [1.165, 1.54) is 15.9 Å². The van der Waals surface area contributed by atoms with Crippen molar-refractivity contribution in [1.82, 2.24) is 4.90 Å². The van der Waals surface area contributed by atoms with Gasteiger partial charge in [-0.1, -0.05) is 42.5 Å². The Hall–Kier alpha value is -4.07. The number of benzene rings is 3. The molecule has 0 spiro atoms. The minimum absolute atomic E-state index is 0.0264. The Balaban J connectivity index is 1.64. The van der Waals surface area contributed by atoms with Gasteiger partial charge < -0.3 is 10.2 Å². The fourth-order valence-electron chi connectivity index (χ4n) is 4.57. The highest BCUT2D eigenvalue weighted by molar-refractivity contribution is 6.18. The number of nitrogens with one attached hydrogen (secondary N) is 1. The lowest BCUT2D eigenvalue weighted by atomic mass is 9.94. The maximum absolute atomic E-state index is 13.8. The van der Waals surface area contributed by atoms with Gasteiger partial charge in [-0.15, -0.1) is 0 Å². The molecule has 3 aromatic rings. The van der Waals surface area contributed by atoms with Crippen molar-refractivity contribution in [2.24, 2.45) is 0 Å². The van der Waals surface area contributed by atoms with Gasteiger partial charge in [-0.3, -0.25) is 19.3 Å². The van der Waals surface area contributed by atoms with Gasteiger partial charge in [0.15, 0.2) is 11.6 Å². The number of amides is 3. The van der Waals surface area contributed by atoms with Gasteiger partial charge in [-0.25, -0.2) is 8.78 Å². The van der Waals surface area contributed by atoms with Crippen LogP contribution in [0.4, 0.5) is 20.2 Å². The summed E-state index contributed by atoms with van der Waals surface area (Å²) < 4.78 is 27.2. The van der Waals surface area contributed by atoms with Gasteiger partial charge in [0.05, 0.1) is 11.3 Å². The summed E-state index contributed by atoms with van der Waals surface area (Å²) in [5.41, 5.74) is -0.166. The normalized spacial score (nSPS) is 19.3. The highest BCUT2D eigenvalue weighted by Gasteiger charge is 2.60. The molecular weight excluding hydrogens is 428 g/mol. The van der Waals surface area contributed by atoms with E-state index in [4.69, 9.17) is 0 Å². The Kier molecular flexibility index (Phi) is 4.92. The molecule has 0 saturated carbocycles. The molecule has 1 atom stereocenters. The number of hydrogen-bond donors (Lipinski definition) is 1. The van der Waals surface area contributed by atoms with Crippen LogP contribution in [0.25, 0.3) is 0 Å². The number of halogens is 2. The lowest BCUT2D eigenvalue weighted by Crippen LogP contribution is -2.69. The molecule has 0 aromatic heterocycles. The fraction of sp³-hybridized carbons (Fsp3) is 0.160. The van der Waals surface area contributed by atoms with Crippen LogP contribution in [0.1, 0.15) is 28.8 Å². The van der Waals surface area contributed by atoms with E-state index in [0.717, 1.165) is 17.7 Å². The number of carbonyl (C=O) groups is 3. The second-order valence-corrected chi connectivity index (χ2v) is 8.02. The molecule has 33 heavy (non-hydrogen) atoms. The van der Waals surface area contributed by atoms with Crippen LogP contribution in [0.5, 0.6) is 0 Å². The zero-order chi connectivity index (χ0) is 23.2. The number of nitrogens with zero attached hydrogens (tertiary/aromatic N) is 2. The molecule has 2 heterocycles.